The number of fused-ring (bicyclic) bond motifs is 1. The van der Waals surface area contributed by atoms with Crippen LogP contribution in [0.3, 0.4) is 0 Å². The standard InChI is InChI=1S/C12H16O3/c1-2-3-8-14-11(13)9-12-7-5-4-6-10(12)15-12/h4-7,10H,2-3,8-9H2,1H3. The lowest BCUT2D eigenvalue weighted by Gasteiger charge is -2.08. The summed E-state index contributed by atoms with van der Waals surface area (Å²) >= 11 is 0. The van der Waals surface area contributed by atoms with Crippen molar-refractivity contribution >= 4 is 5.97 Å². The molecule has 2 rings (SSSR count). The lowest BCUT2D eigenvalue weighted by Crippen LogP contribution is -2.20. The molecule has 2 atom stereocenters. The van der Waals surface area contributed by atoms with E-state index in [0.29, 0.717) is 13.0 Å². The van der Waals surface area contributed by atoms with Crippen LogP contribution in [0.1, 0.15) is 26.2 Å². The number of allylic oxidation sites excluding steroid dienone is 2. The minimum absolute atomic E-state index is 0.0845. The third-order valence-electron chi connectivity index (χ3n) is 2.73. The Balaban J connectivity index is 1.76. The molecule has 3 heteroatoms. The van der Waals surface area contributed by atoms with Crippen LogP contribution in [0, 0.1) is 0 Å². The summed E-state index contributed by atoms with van der Waals surface area (Å²) in [6, 6.07) is 0. The first-order valence-electron chi connectivity index (χ1n) is 5.46. The Hall–Kier alpha value is -1.09. The number of epoxide rings is 1. The number of carbonyl (C=O) groups excluding carboxylic acids is 1. The number of carbonyl (C=O) groups is 1. The van der Waals surface area contributed by atoms with Crippen molar-refractivity contribution in [2.24, 2.45) is 0 Å². The molecule has 0 aromatic heterocycles. The zero-order chi connectivity index (χ0) is 10.7. The van der Waals surface area contributed by atoms with Crippen LogP contribution in [0.5, 0.6) is 0 Å². The van der Waals surface area contributed by atoms with E-state index in [-0.39, 0.29) is 17.7 Å². The molecule has 3 nitrogen and oxygen atoms in total. The highest BCUT2D eigenvalue weighted by molar-refractivity contribution is 5.72. The Morgan fingerprint density at radius 2 is 2.40 bits per heavy atom. The highest BCUT2D eigenvalue weighted by atomic mass is 16.6. The summed E-state index contributed by atoms with van der Waals surface area (Å²) in [6.45, 7) is 2.59. The van der Waals surface area contributed by atoms with Crippen LogP contribution in [0.2, 0.25) is 0 Å². The molecule has 0 aromatic rings. The zero-order valence-corrected chi connectivity index (χ0v) is 8.94. The minimum Gasteiger partial charge on any atom is -0.466 e. The fourth-order valence-electron chi connectivity index (χ4n) is 1.73. The topological polar surface area (TPSA) is 38.8 Å². The average molecular weight is 208 g/mol. The maximum Gasteiger partial charge on any atom is 0.309 e. The van der Waals surface area contributed by atoms with Gasteiger partial charge in [-0.3, -0.25) is 4.79 Å². The van der Waals surface area contributed by atoms with Crippen molar-refractivity contribution in [2.75, 3.05) is 6.61 Å². The second-order valence-corrected chi connectivity index (χ2v) is 3.99. The Morgan fingerprint density at radius 3 is 3.13 bits per heavy atom. The van der Waals surface area contributed by atoms with Crippen molar-refractivity contribution in [3.8, 4) is 0 Å². The van der Waals surface area contributed by atoms with Crippen LogP contribution in [0.15, 0.2) is 24.3 Å². The molecule has 0 bridgehead atoms. The molecule has 1 aliphatic heterocycles. The quantitative estimate of drug-likeness (QED) is 0.394. The first kappa shape index (κ1) is 10.4. The predicted molar refractivity (Wildman–Crippen MR) is 56.4 cm³/mol. The SMILES string of the molecule is CCCCOC(=O)CC12C=CC=CC1O2. The predicted octanol–water partition coefficient (Wildman–Crippen LogP) is 1.98. The molecule has 0 aromatic carbocycles. The summed E-state index contributed by atoms with van der Waals surface area (Å²) in [5, 5.41) is 0. The number of unbranched alkanes of at least 4 members (excludes halogenated alkanes) is 1. The third-order valence-corrected chi connectivity index (χ3v) is 2.73. The van der Waals surface area contributed by atoms with E-state index in [1.54, 1.807) is 0 Å². The van der Waals surface area contributed by atoms with Crippen molar-refractivity contribution in [3.05, 3.63) is 24.3 Å². The van der Waals surface area contributed by atoms with Gasteiger partial charge in [0.15, 0.2) is 0 Å². The van der Waals surface area contributed by atoms with Crippen LogP contribution in [-0.4, -0.2) is 24.3 Å². The normalized spacial score (nSPS) is 31.1. The van der Waals surface area contributed by atoms with Gasteiger partial charge >= 0.3 is 5.97 Å². The lowest BCUT2D eigenvalue weighted by molar-refractivity contribution is -0.144. The Morgan fingerprint density at radius 1 is 1.53 bits per heavy atom. The minimum atomic E-state index is -0.377. The highest BCUT2D eigenvalue weighted by Gasteiger charge is 2.55. The molecule has 0 saturated carbocycles. The molecule has 2 aliphatic rings. The van der Waals surface area contributed by atoms with Gasteiger partial charge in [-0.15, -0.1) is 0 Å². The summed E-state index contributed by atoms with van der Waals surface area (Å²) in [5.41, 5.74) is -0.377. The van der Waals surface area contributed by atoms with Crippen LogP contribution >= 0.6 is 0 Å². The fourth-order valence-corrected chi connectivity index (χ4v) is 1.73. The van der Waals surface area contributed by atoms with Gasteiger partial charge in [-0.05, 0) is 12.5 Å². The van der Waals surface area contributed by atoms with Gasteiger partial charge in [-0.25, -0.2) is 0 Å². The molecule has 0 amide bonds. The number of rotatable bonds is 5. The summed E-state index contributed by atoms with van der Waals surface area (Å²) in [4.78, 5) is 11.5. The first-order chi connectivity index (χ1) is 7.27. The van der Waals surface area contributed by atoms with E-state index < -0.39 is 0 Å². The number of ether oxygens (including phenoxy) is 2. The third kappa shape index (κ3) is 2.29. The molecular weight excluding hydrogens is 192 g/mol. The van der Waals surface area contributed by atoms with Crippen LogP contribution in [0.25, 0.3) is 0 Å². The van der Waals surface area contributed by atoms with Crippen molar-refractivity contribution in [2.45, 2.75) is 37.9 Å². The second-order valence-electron chi connectivity index (χ2n) is 3.99. The van der Waals surface area contributed by atoms with E-state index in [2.05, 4.69) is 6.92 Å². The molecule has 0 spiro atoms. The van der Waals surface area contributed by atoms with Crippen molar-refractivity contribution in [1.29, 1.82) is 0 Å². The van der Waals surface area contributed by atoms with E-state index in [0.717, 1.165) is 12.8 Å². The smallest absolute Gasteiger partial charge is 0.309 e. The van der Waals surface area contributed by atoms with E-state index in [4.69, 9.17) is 9.47 Å². The maximum atomic E-state index is 11.5. The molecule has 1 fully saturated rings. The van der Waals surface area contributed by atoms with Gasteiger partial charge in [0.25, 0.3) is 0 Å². The van der Waals surface area contributed by atoms with E-state index in [9.17, 15) is 4.79 Å². The molecule has 1 saturated heterocycles. The fraction of sp³-hybridized carbons (Fsp3) is 0.583. The van der Waals surface area contributed by atoms with Gasteiger partial charge in [0, 0.05) is 0 Å². The number of hydrogen-bond donors (Lipinski definition) is 0. The summed E-state index contributed by atoms with van der Waals surface area (Å²) < 4.78 is 10.6. The molecule has 2 unspecified atom stereocenters. The largest absolute Gasteiger partial charge is 0.466 e. The Labute approximate surface area is 89.8 Å². The Kier molecular flexibility index (Phi) is 2.91. The molecule has 1 aliphatic carbocycles. The lowest BCUT2D eigenvalue weighted by atomic mass is 9.97. The van der Waals surface area contributed by atoms with E-state index >= 15 is 0 Å². The summed E-state index contributed by atoms with van der Waals surface area (Å²) in [6.07, 6.45) is 10.2. The van der Waals surface area contributed by atoms with Crippen LogP contribution in [-0.2, 0) is 14.3 Å². The van der Waals surface area contributed by atoms with Gasteiger partial charge in [0.05, 0.1) is 13.0 Å². The summed E-state index contributed by atoms with van der Waals surface area (Å²) in [7, 11) is 0. The van der Waals surface area contributed by atoms with Crippen molar-refractivity contribution in [1.82, 2.24) is 0 Å². The first-order valence-corrected chi connectivity index (χ1v) is 5.46. The maximum absolute atomic E-state index is 11.5. The van der Waals surface area contributed by atoms with Crippen LogP contribution < -0.4 is 0 Å². The van der Waals surface area contributed by atoms with Gasteiger partial charge in [0.1, 0.15) is 11.7 Å². The molecular formula is C12H16O3. The second kappa shape index (κ2) is 4.19. The van der Waals surface area contributed by atoms with Crippen molar-refractivity contribution < 1.29 is 14.3 Å². The van der Waals surface area contributed by atoms with Gasteiger partial charge in [-0.2, -0.15) is 0 Å². The summed E-state index contributed by atoms with van der Waals surface area (Å²) in [5.74, 6) is -0.161. The monoisotopic (exact) mass is 208 g/mol. The van der Waals surface area contributed by atoms with Crippen molar-refractivity contribution in [3.63, 3.8) is 0 Å². The van der Waals surface area contributed by atoms with Gasteiger partial charge < -0.3 is 9.47 Å². The van der Waals surface area contributed by atoms with Gasteiger partial charge in [0.2, 0.25) is 0 Å². The van der Waals surface area contributed by atoms with Crippen LogP contribution in [0.4, 0.5) is 0 Å². The molecule has 0 radical (unpaired) electrons. The average Bonchev–Trinajstić information content (AvgIpc) is 2.92. The van der Waals surface area contributed by atoms with E-state index in [1.807, 2.05) is 24.3 Å². The Bertz CT molecular complexity index is 306. The molecule has 1 heterocycles. The molecule has 82 valence electrons. The highest BCUT2D eigenvalue weighted by Crippen LogP contribution is 2.44. The van der Waals surface area contributed by atoms with Gasteiger partial charge in [-0.1, -0.05) is 31.6 Å². The number of esters is 1. The van der Waals surface area contributed by atoms with E-state index in [1.165, 1.54) is 0 Å². The zero-order valence-electron chi connectivity index (χ0n) is 8.94. The molecule has 15 heavy (non-hydrogen) atoms. The number of hydrogen-bond acceptors (Lipinski definition) is 3. The molecule has 0 N–H and O–H groups in total.